The van der Waals surface area contributed by atoms with E-state index in [0.29, 0.717) is 16.3 Å². The molecule has 3 nitrogen and oxygen atoms in total. The third kappa shape index (κ3) is 4.11. The van der Waals surface area contributed by atoms with Crippen LogP contribution in [-0.2, 0) is 6.18 Å². The smallest absolute Gasteiger partial charge is 0.416 e. The summed E-state index contributed by atoms with van der Waals surface area (Å²) in [6.45, 7) is 0. The summed E-state index contributed by atoms with van der Waals surface area (Å²) >= 11 is 1.36. The minimum atomic E-state index is -4.41. The molecule has 1 aromatic heterocycles. The minimum absolute atomic E-state index is 0.213. The van der Waals surface area contributed by atoms with Crippen molar-refractivity contribution >= 4 is 11.8 Å². The lowest BCUT2D eigenvalue weighted by molar-refractivity contribution is -0.137. The Morgan fingerprint density at radius 1 is 1.00 bits per heavy atom. The molecule has 0 aliphatic heterocycles. The first-order chi connectivity index (χ1) is 12.0. The van der Waals surface area contributed by atoms with E-state index in [1.165, 1.54) is 31.1 Å². The quantitative estimate of drug-likeness (QED) is 0.588. The highest BCUT2D eigenvalue weighted by Crippen LogP contribution is 2.35. The van der Waals surface area contributed by atoms with E-state index in [9.17, 15) is 13.2 Å². The summed E-state index contributed by atoms with van der Waals surface area (Å²) in [6.07, 6.45) is -2.95. The molecule has 3 aromatic rings. The number of halogens is 3. The number of hydrogen-bond donors (Lipinski definition) is 0. The molecule has 0 atom stereocenters. The molecule has 7 heteroatoms. The lowest BCUT2D eigenvalue weighted by atomic mass is 10.1. The van der Waals surface area contributed by atoms with E-state index in [1.807, 2.05) is 30.3 Å². The molecule has 0 N–H and O–H groups in total. The van der Waals surface area contributed by atoms with Gasteiger partial charge in [-0.25, -0.2) is 9.97 Å². The van der Waals surface area contributed by atoms with E-state index in [1.54, 1.807) is 6.07 Å². The molecule has 0 unspecified atom stereocenters. The van der Waals surface area contributed by atoms with E-state index >= 15 is 0 Å². The van der Waals surface area contributed by atoms with Crippen LogP contribution in [0.3, 0.4) is 0 Å². The van der Waals surface area contributed by atoms with E-state index in [0.717, 1.165) is 17.0 Å². The molecule has 2 aromatic carbocycles. The van der Waals surface area contributed by atoms with Crippen LogP contribution in [0.4, 0.5) is 13.2 Å². The first-order valence-corrected chi connectivity index (χ1v) is 8.10. The van der Waals surface area contributed by atoms with Crippen molar-refractivity contribution in [1.29, 1.82) is 0 Å². The molecule has 0 bridgehead atoms. The van der Waals surface area contributed by atoms with Gasteiger partial charge in [-0.05, 0) is 24.3 Å². The summed E-state index contributed by atoms with van der Waals surface area (Å²) in [5.74, 6) is 0.676. The number of alkyl halides is 3. The molecule has 0 radical (unpaired) electrons. The fourth-order valence-electron chi connectivity index (χ4n) is 2.14. The zero-order valence-electron chi connectivity index (χ0n) is 13.1. The average molecular weight is 362 g/mol. The Labute approximate surface area is 146 Å². The van der Waals surface area contributed by atoms with Gasteiger partial charge in [0, 0.05) is 10.5 Å². The van der Waals surface area contributed by atoms with E-state index in [4.69, 9.17) is 4.74 Å². The number of nitrogens with zero attached hydrogens (tertiary/aromatic N) is 2. The molecule has 0 saturated carbocycles. The maximum Gasteiger partial charge on any atom is 0.416 e. The van der Waals surface area contributed by atoms with Crippen LogP contribution in [-0.4, -0.2) is 17.1 Å². The van der Waals surface area contributed by atoms with Crippen molar-refractivity contribution in [3.05, 3.63) is 66.4 Å². The van der Waals surface area contributed by atoms with Gasteiger partial charge in [0.2, 0.25) is 0 Å². The summed E-state index contributed by atoms with van der Waals surface area (Å²) in [7, 11) is 1.50. The Morgan fingerprint density at radius 3 is 2.44 bits per heavy atom. The Balaban J connectivity index is 2.00. The molecule has 0 fully saturated rings. The fourth-order valence-corrected chi connectivity index (χ4v) is 3.03. The summed E-state index contributed by atoms with van der Waals surface area (Å²) in [4.78, 5) is 9.46. The predicted molar refractivity (Wildman–Crippen MR) is 89.6 cm³/mol. The first-order valence-electron chi connectivity index (χ1n) is 7.29. The number of methoxy groups -OCH3 is 1. The van der Waals surface area contributed by atoms with Gasteiger partial charge in [-0.2, -0.15) is 13.2 Å². The van der Waals surface area contributed by atoms with Crippen LogP contribution < -0.4 is 4.74 Å². The van der Waals surface area contributed by atoms with Crippen molar-refractivity contribution < 1.29 is 17.9 Å². The molecule has 0 saturated heterocycles. The van der Waals surface area contributed by atoms with Gasteiger partial charge in [0.15, 0.2) is 11.6 Å². The maximum atomic E-state index is 12.9. The second-order valence-corrected chi connectivity index (χ2v) is 6.12. The number of ether oxygens (including phenoxy) is 1. The predicted octanol–water partition coefficient (Wildman–Crippen LogP) is 5.32. The van der Waals surface area contributed by atoms with E-state index < -0.39 is 11.7 Å². The molecule has 0 spiro atoms. The summed E-state index contributed by atoms with van der Waals surface area (Å²) < 4.78 is 44.0. The Morgan fingerprint density at radius 2 is 1.76 bits per heavy atom. The van der Waals surface area contributed by atoms with Crippen LogP contribution in [0.25, 0.3) is 11.4 Å². The highest BCUT2D eigenvalue weighted by molar-refractivity contribution is 7.99. The molecule has 128 valence electrons. The first kappa shape index (κ1) is 17.3. The van der Waals surface area contributed by atoms with Gasteiger partial charge in [-0.15, -0.1) is 0 Å². The topological polar surface area (TPSA) is 35.0 Å². The number of aromatic nitrogens is 2. The highest BCUT2D eigenvalue weighted by Gasteiger charge is 2.30. The van der Waals surface area contributed by atoms with Gasteiger partial charge >= 0.3 is 6.18 Å². The van der Waals surface area contributed by atoms with Crippen LogP contribution in [0.1, 0.15) is 5.56 Å². The van der Waals surface area contributed by atoms with E-state index in [2.05, 4.69) is 9.97 Å². The molecular weight excluding hydrogens is 349 g/mol. The van der Waals surface area contributed by atoms with Crippen LogP contribution in [0.15, 0.2) is 70.7 Å². The minimum Gasteiger partial charge on any atom is -0.492 e. The number of benzene rings is 2. The van der Waals surface area contributed by atoms with Gasteiger partial charge in [0.05, 0.1) is 18.9 Å². The zero-order valence-corrected chi connectivity index (χ0v) is 13.9. The van der Waals surface area contributed by atoms with Crippen molar-refractivity contribution in [3.8, 4) is 17.1 Å². The lowest BCUT2D eigenvalue weighted by Gasteiger charge is -2.10. The standard InChI is InChI=1S/C18H13F3N2OS/c1-24-15-11-22-16(12-6-5-7-13(10-12)18(19,20)21)23-17(15)25-14-8-3-2-4-9-14/h2-11H,1H3. The van der Waals surface area contributed by atoms with Crippen LogP contribution in [0.5, 0.6) is 5.75 Å². The Hall–Kier alpha value is -2.54. The van der Waals surface area contributed by atoms with Crippen molar-refractivity contribution in [2.24, 2.45) is 0 Å². The zero-order chi connectivity index (χ0) is 17.9. The molecule has 0 aliphatic rings. The maximum absolute atomic E-state index is 12.9. The van der Waals surface area contributed by atoms with Crippen molar-refractivity contribution in [1.82, 2.24) is 9.97 Å². The monoisotopic (exact) mass is 362 g/mol. The highest BCUT2D eigenvalue weighted by atomic mass is 32.2. The van der Waals surface area contributed by atoms with Crippen LogP contribution >= 0.6 is 11.8 Å². The second kappa shape index (κ2) is 7.14. The summed E-state index contributed by atoms with van der Waals surface area (Å²) in [5.41, 5.74) is -0.436. The molecule has 0 amide bonds. The Kier molecular flexibility index (Phi) is 4.94. The number of rotatable bonds is 4. The SMILES string of the molecule is COc1cnc(-c2cccc(C(F)(F)F)c2)nc1Sc1ccccc1. The van der Waals surface area contributed by atoms with Gasteiger partial charge in [-0.1, -0.05) is 42.1 Å². The second-order valence-electron chi connectivity index (χ2n) is 5.06. The lowest BCUT2D eigenvalue weighted by Crippen LogP contribution is -2.05. The molecule has 1 heterocycles. The third-order valence-corrected chi connectivity index (χ3v) is 4.34. The summed E-state index contributed by atoms with van der Waals surface area (Å²) in [6, 6.07) is 14.5. The molecule has 0 aliphatic carbocycles. The average Bonchev–Trinajstić information content (AvgIpc) is 2.62. The van der Waals surface area contributed by atoms with Crippen molar-refractivity contribution in [3.63, 3.8) is 0 Å². The van der Waals surface area contributed by atoms with Gasteiger partial charge in [-0.3, -0.25) is 0 Å². The van der Waals surface area contributed by atoms with Gasteiger partial charge < -0.3 is 4.74 Å². The molecular formula is C18H13F3N2OS. The largest absolute Gasteiger partial charge is 0.492 e. The van der Waals surface area contributed by atoms with Gasteiger partial charge in [0.25, 0.3) is 0 Å². The molecule has 25 heavy (non-hydrogen) atoms. The van der Waals surface area contributed by atoms with Gasteiger partial charge in [0.1, 0.15) is 5.03 Å². The van der Waals surface area contributed by atoms with E-state index in [-0.39, 0.29) is 5.82 Å². The normalized spacial score (nSPS) is 11.4. The Bertz CT molecular complexity index is 870. The van der Waals surface area contributed by atoms with Crippen LogP contribution in [0, 0.1) is 0 Å². The molecule has 3 rings (SSSR count). The van der Waals surface area contributed by atoms with Crippen molar-refractivity contribution in [2.75, 3.05) is 7.11 Å². The third-order valence-electron chi connectivity index (χ3n) is 3.35. The number of hydrogen-bond acceptors (Lipinski definition) is 4. The fraction of sp³-hybridized carbons (Fsp3) is 0.111. The summed E-state index contributed by atoms with van der Waals surface area (Å²) in [5, 5.41) is 0.538. The van der Waals surface area contributed by atoms with Crippen molar-refractivity contribution in [2.45, 2.75) is 16.1 Å². The van der Waals surface area contributed by atoms with Crippen LogP contribution in [0.2, 0.25) is 0 Å².